The van der Waals surface area contributed by atoms with Gasteiger partial charge < -0.3 is 5.32 Å². The summed E-state index contributed by atoms with van der Waals surface area (Å²) in [6.45, 7) is 8.01. The fourth-order valence-electron chi connectivity index (χ4n) is 2.75. The number of piperazine rings is 1. The molecule has 2 rings (SSSR count). The van der Waals surface area contributed by atoms with E-state index in [9.17, 15) is 0 Å². The van der Waals surface area contributed by atoms with Gasteiger partial charge in [0.1, 0.15) is 0 Å². The molecule has 0 spiro atoms. The Hall–Kier alpha value is -0.860. The predicted molar refractivity (Wildman–Crippen MR) is 73.1 cm³/mol. The van der Waals surface area contributed by atoms with E-state index in [4.69, 9.17) is 0 Å². The van der Waals surface area contributed by atoms with Gasteiger partial charge in [-0.25, -0.2) is 0 Å². The molecule has 0 aliphatic carbocycles. The largest absolute Gasteiger partial charge is 0.312 e. The second-order valence-electron chi connectivity index (χ2n) is 5.07. The highest BCUT2D eigenvalue weighted by Gasteiger charge is 2.23. The van der Waals surface area contributed by atoms with Crippen molar-refractivity contribution in [2.75, 3.05) is 19.6 Å². The van der Waals surface area contributed by atoms with Crippen molar-refractivity contribution in [1.82, 2.24) is 10.2 Å². The van der Waals surface area contributed by atoms with Gasteiger partial charge in [0.25, 0.3) is 0 Å². The highest BCUT2D eigenvalue weighted by molar-refractivity contribution is 5.19. The molecule has 2 atom stereocenters. The smallest absolute Gasteiger partial charge is 0.0349 e. The molecule has 0 aromatic heterocycles. The molecule has 2 nitrogen and oxygen atoms in total. The molecule has 94 valence electrons. The number of benzene rings is 1. The SMILES string of the molecule is CCCC(c1ccccc1)N1CCNC(C)C1. The molecule has 1 aliphatic heterocycles. The fourth-order valence-corrected chi connectivity index (χ4v) is 2.75. The normalized spacial score (nSPS) is 23.5. The quantitative estimate of drug-likeness (QED) is 0.858. The van der Waals surface area contributed by atoms with Gasteiger partial charge in [-0.1, -0.05) is 43.7 Å². The van der Waals surface area contributed by atoms with E-state index in [0.29, 0.717) is 12.1 Å². The monoisotopic (exact) mass is 232 g/mol. The lowest BCUT2D eigenvalue weighted by atomic mass is 9.99. The summed E-state index contributed by atoms with van der Waals surface area (Å²) < 4.78 is 0. The average molecular weight is 232 g/mol. The molecule has 1 fully saturated rings. The minimum absolute atomic E-state index is 0.603. The third kappa shape index (κ3) is 3.30. The minimum atomic E-state index is 0.603. The molecule has 0 radical (unpaired) electrons. The van der Waals surface area contributed by atoms with E-state index < -0.39 is 0 Å². The van der Waals surface area contributed by atoms with E-state index in [1.165, 1.54) is 31.5 Å². The molecule has 1 aromatic carbocycles. The summed E-state index contributed by atoms with van der Waals surface area (Å²) in [5.74, 6) is 0. The summed E-state index contributed by atoms with van der Waals surface area (Å²) in [6.07, 6.45) is 2.51. The molecule has 1 heterocycles. The van der Waals surface area contributed by atoms with Crippen LogP contribution in [0.1, 0.15) is 38.3 Å². The highest BCUT2D eigenvalue weighted by Crippen LogP contribution is 2.26. The van der Waals surface area contributed by atoms with Crippen molar-refractivity contribution in [1.29, 1.82) is 0 Å². The molecule has 1 aliphatic rings. The van der Waals surface area contributed by atoms with Gasteiger partial charge in [-0.05, 0) is 18.9 Å². The molecule has 1 aromatic rings. The predicted octanol–water partition coefficient (Wildman–Crippen LogP) is 2.82. The molecule has 1 N–H and O–H groups in total. The maximum Gasteiger partial charge on any atom is 0.0349 e. The van der Waals surface area contributed by atoms with E-state index in [0.717, 1.165) is 6.54 Å². The zero-order chi connectivity index (χ0) is 12.1. The first-order valence-electron chi connectivity index (χ1n) is 6.83. The second-order valence-corrected chi connectivity index (χ2v) is 5.07. The van der Waals surface area contributed by atoms with E-state index in [1.54, 1.807) is 0 Å². The van der Waals surface area contributed by atoms with Crippen LogP contribution in [0, 0.1) is 0 Å². The van der Waals surface area contributed by atoms with Gasteiger partial charge in [0.05, 0.1) is 0 Å². The zero-order valence-corrected chi connectivity index (χ0v) is 11.0. The summed E-state index contributed by atoms with van der Waals surface area (Å²) >= 11 is 0. The van der Waals surface area contributed by atoms with Crippen molar-refractivity contribution >= 4 is 0 Å². The molecule has 17 heavy (non-hydrogen) atoms. The second kappa shape index (κ2) is 6.18. The Bertz CT molecular complexity index is 323. The molecule has 2 unspecified atom stereocenters. The van der Waals surface area contributed by atoms with Gasteiger partial charge in [0.15, 0.2) is 0 Å². The molecule has 0 saturated carbocycles. The number of nitrogens with zero attached hydrogens (tertiary/aromatic N) is 1. The Balaban J connectivity index is 2.11. The Kier molecular flexibility index (Phi) is 4.57. The summed E-state index contributed by atoms with van der Waals surface area (Å²) in [5, 5.41) is 3.52. The molecular formula is C15H24N2. The third-order valence-corrected chi connectivity index (χ3v) is 3.59. The van der Waals surface area contributed by atoms with Crippen LogP contribution in [0.3, 0.4) is 0 Å². The van der Waals surface area contributed by atoms with Crippen molar-refractivity contribution in [3.8, 4) is 0 Å². The number of hydrogen-bond acceptors (Lipinski definition) is 2. The lowest BCUT2D eigenvalue weighted by Crippen LogP contribution is -2.50. The van der Waals surface area contributed by atoms with Crippen LogP contribution < -0.4 is 5.32 Å². The van der Waals surface area contributed by atoms with Crippen LogP contribution in [0.15, 0.2) is 30.3 Å². The summed E-state index contributed by atoms with van der Waals surface area (Å²) in [4.78, 5) is 2.64. The lowest BCUT2D eigenvalue weighted by Gasteiger charge is -2.38. The van der Waals surface area contributed by atoms with Crippen molar-refractivity contribution in [3.63, 3.8) is 0 Å². The Morgan fingerprint density at radius 2 is 2.12 bits per heavy atom. The summed E-state index contributed by atoms with van der Waals surface area (Å²) in [6, 6.07) is 12.2. The molecular weight excluding hydrogens is 208 g/mol. The van der Waals surface area contributed by atoms with Gasteiger partial charge in [-0.2, -0.15) is 0 Å². The van der Waals surface area contributed by atoms with Crippen LogP contribution in [-0.2, 0) is 0 Å². The minimum Gasteiger partial charge on any atom is -0.312 e. The van der Waals surface area contributed by atoms with Gasteiger partial charge >= 0.3 is 0 Å². The molecule has 0 amide bonds. The lowest BCUT2D eigenvalue weighted by molar-refractivity contribution is 0.141. The molecule has 1 saturated heterocycles. The van der Waals surface area contributed by atoms with Crippen LogP contribution in [0.25, 0.3) is 0 Å². The van der Waals surface area contributed by atoms with Crippen LogP contribution >= 0.6 is 0 Å². The topological polar surface area (TPSA) is 15.3 Å². The first kappa shape index (κ1) is 12.6. The summed E-state index contributed by atoms with van der Waals surface area (Å²) in [7, 11) is 0. The van der Waals surface area contributed by atoms with Crippen LogP contribution in [0.4, 0.5) is 0 Å². The van der Waals surface area contributed by atoms with Crippen LogP contribution in [0.5, 0.6) is 0 Å². The van der Waals surface area contributed by atoms with Gasteiger partial charge in [-0.3, -0.25) is 4.90 Å². The molecule has 0 bridgehead atoms. The van der Waals surface area contributed by atoms with Gasteiger partial charge in [0.2, 0.25) is 0 Å². The van der Waals surface area contributed by atoms with Gasteiger partial charge in [0, 0.05) is 31.7 Å². The van der Waals surface area contributed by atoms with E-state index in [2.05, 4.69) is 54.4 Å². The number of hydrogen-bond donors (Lipinski definition) is 1. The standard InChI is InChI=1S/C15H24N2/c1-3-7-15(14-8-5-4-6-9-14)17-11-10-16-13(2)12-17/h4-6,8-9,13,15-16H,3,7,10-12H2,1-2H3. The fraction of sp³-hybridized carbons (Fsp3) is 0.600. The number of rotatable bonds is 4. The Morgan fingerprint density at radius 1 is 1.35 bits per heavy atom. The zero-order valence-electron chi connectivity index (χ0n) is 11.0. The highest BCUT2D eigenvalue weighted by atomic mass is 15.2. The van der Waals surface area contributed by atoms with Crippen LogP contribution in [-0.4, -0.2) is 30.6 Å². The van der Waals surface area contributed by atoms with Crippen molar-refractivity contribution in [2.24, 2.45) is 0 Å². The average Bonchev–Trinajstić information content (AvgIpc) is 2.37. The third-order valence-electron chi connectivity index (χ3n) is 3.59. The van der Waals surface area contributed by atoms with E-state index >= 15 is 0 Å². The first-order chi connectivity index (χ1) is 8.31. The first-order valence-corrected chi connectivity index (χ1v) is 6.83. The van der Waals surface area contributed by atoms with Gasteiger partial charge in [-0.15, -0.1) is 0 Å². The molecule has 2 heteroatoms. The maximum atomic E-state index is 3.52. The Labute approximate surface area is 105 Å². The van der Waals surface area contributed by atoms with Crippen molar-refractivity contribution in [3.05, 3.63) is 35.9 Å². The van der Waals surface area contributed by atoms with E-state index in [1.807, 2.05) is 0 Å². The van der Waals surface area contributed by atoms with E-state index in [-0.39, 0.29) is 0 Å². The summed E-state index contributed by atoms with van der Waals surface area (Å²) in [5.41, 5.74) is 1.48. The van der Waals surface area contributed by atoms with Crippen molar-refractivity contribution in [2.45, 2.75) is 38.8 Å². The van der Waals surface area contributed by atoms with Crippen molar-refractivity contribution < 1.29 is 0 Å². The number of nitrogens with one attached hydrogen (secondary N) is 1. The Morgan fingerprint density at radius 3 is 2.76 bits per heavy atom. The maximum absolute atomic E-state index is 3.52. The van der Waals surface area contributed by atoms with Crippen LogP contribution in [0.2, 0.25) is 0 Å².